The normalized spacial score (nSPS) is 17.4. The van der Waals surface area contributed by atoms with E-state index in [0.717, 1.165) is 16.3 Å². The van der Waals surface area contributed by atoms with E-state index in [1.807, 2.05) is 42.2 Å². The van der Waals surface area contributed by atoms with E-state index in [-0.39, 0.29) is 94.0 Å². The molecule has 0 saturated carbocycles. The van der Waals surface area contributed by atoms with Gasteiger partial charge in [-0.05, 0) is 34.5 Å². The fourth-order valence-corrected chi connectivity index (χ4v) is 4.13. The topological polar surface area (TPSA) is 54.6 Å². The van der Waals surface area contributed by atoms with Crippen LogP contribution in [0, 0.1) is 5.82 Å². The maximum atomic E-state index is 13.5. The van der Waals surface area contributed by atoms with Crippen molar-refractivity contribution in [2.75, 3.05) is 19.6 Å². The molecule has 1 aliphatic rings. The molecule has 0 aliphatic carbocycles. The summed E-state index contributed by atoms with van der Waals surface area (Å²) in [5.41, 5.74) is 1.51. The molecule has 1 amide bonds. The van der Waals surface area contributed by atoms with E-state index in [9.17, 15) is 14.3 Å². The fourth-order valence-electron chi connectivity index (χ4n) is 4.13. The number of carbonyl (C=O) groups excluding carboxylic acids is 1. The summed E-state index contributed by atoms with van der Waals surface area (Å²) in [6.07, 6.45) is 0.208. The van der Waals surface area contributed by atoms with Crippen LogP contribution in [-0.4, -0.2) is 41.6 Å². The van der Waals surface area contributed by atoms with Crippen molar-refractivity contribution in [3.63, 3.8) is 0 Å². The molecule has 0 bridgehead atoms. The molecule has 1 saturated heterocycles. The van der Waals surface area contributed by atoms with Crippen LogP contribution in [0.1, 0.15) is 30.4 Å². The second kappa shape index (κ2) is 10.5. The Kier molecular flexibility index (Phi) is 8.21. The van der Waals surface area contributed by atoms with Crippen LogP contribution in [0.5, 0.6) is 5.75 Å². The van der Waals surface area contributed by atoms with Crippen LogP contribution in [-0.2, 0) is 4.79 Å². The first kappa shape index (κ1) is 23.5. The van der Waals surface area contributed by atoms with Crippen molar-refractivity contribution in [1.29, 1.82) is 0 Å². The molecule has 0 spiro atoms. The zero-order chi connectivity index (χ0) is 20.4. The van der Waals surface area contributed by atoms with Crippen molar-refractivity contribution < 1.29 is 72.5 Å². The second-order valence-corrected chi connectivity index (χ2v) is 7.62. The first-order chi connectivity index (χ1) is 14.0. The van der Waals surface area contributed by atoms with E-state index >= 15 is 0 Å². The van der Waals surface area contributed by atoms with Gasteiger partial charge in [0.25, 0.3) is 0 Å². The van der Waals surface area contributed by atoms with E-state index in [2.05, 4.69) is 5.32 Å². The van der Waals surface area contributed by atoms with Gasteiger partial charge in [-0.2, -0.15) is 0 Å². The number of hydrogen-bond acceptors (Lipinski definition) is 2. The van der Waals surface area contributed by atoms with Crippen molar-refractivity contribution in [1.82, 2.24) is 4.90 Å². The molecule has 6 heteroatoms. The Morgan fingerprint density at radius 3 is 2.63 bits per heavy atom. The number of piperazine rings is 1. The third-order valence-electron chi connectivity index (χ3n) is 5.60. The standard InChI is InChI=1S/C24H24FN2O2.Rb/c1-16-15-27(13-12-26-16)23(29)14-21(18-6-9-19(25)10-7-18)24-20-5-3-2-4-17(20)8-11-22(24)28;/h2-11,16,21,28H,12-15H2,1H3;/q-1;+1. The van der Waals surface area contributed by atoms with Crippen molar-refractivity contribution in [3.05, 3.63) is 82.9 Å². The number of aromatic hydroxyl groups is 1. The Morgan fingerprint density at radius 2 is 1.90 bits per heavy atom. The molecular weight excluding hydrogens is 453 g/mol. The van der Waals surface area contributed by atoms with E-state index in [1.165, 1.54) is 12.1 Å². The zero-order valence-corrected chi connectivity index (χ0v) is 22.3. The maximum Gasteiger partial charge on any atom is 1.00 e. The van der Waals surface area contributed by atoms with Gasteiger partial charge < -0.3 is 15.3 Å². The Morgan fingerprint density at radius 1 is 1.17 bits per heavy atom. The van der Waals surface area contributed by atoms with E-state index in [0.29, 0.717) is 25.2 Å². The van der Waals surface area contributed by atoms with Gasteiger partial charge in [0, 0.05) is 31.0 Å². The SMILES string of the molecule is CC1CN(C(=O)CC(c2ccc(F)cc2)c2c(O)ccc3ccccc23)CC[N-]1.[Rb+]. The molecule has 1 heterocycles. The largest absolute Gasteiger partial charge is 1.00 e. The summed E-state index contributed by atoms with van der Waals surface area (Å²) in [6.45, 7) is 3.87. The van der Waals surface area contributed by atoms with Crippen LogP contribution in [0.3, 0.4) is 0 Å². The number of nitrogens with zero attached hydrogens (tertiary/aromatic N) is 2. The average molecular weight is 477 g/mol. The molecule has 1 N–H and O–H groups in total. The van der Waals surface area contributed by atoms with E-state index < -0.39 is 0 Å². The van der Waals surface area contributed by atoms with Crippen LogP contribution in [0.4, 0.5) is 4.39 Å². The average Bonchev–Trinajstić information content (AvgIpc) is 2.73. The number of hydrogen-bond donors (Lipinski definition) is 1. The first-order valence-electron chi connectivity index (χ1n) is 9.93. The second-order valence-electron chi connectivity index (χ2n) is 7.62. The van der Waals surface area contributed by atoms with Crippen LogP contribution in [0.15, 0.2) is 60.7 Å². The number of carbonyl (C=O) groups is 1. The van der Waals surface area contributed by atoms with Crippen molar-refractivity contribution in [2.24, 2.45) is 0 Å². The maximum absolute atomic E-state index is 13.5. The predicted octanol–water partition coefficient (Wildman–Crippen LogP) is 1.81. The molecule has 0 radical (unpaired) electrons. The summed E-state index contributed by atoms with van der Waals surface area (Å²) in [7, 11) is 0. The summed E-state index contributed by atoms with van der Waals surface area (Å²) in [4.78, 5) is 15.0. The summed E-state index contributed by atoms with van der Waals surface area (Å²) in [5, 5.41) is 17.1. The zero-order valence-electron chi connectivity index (χ0n) is 17.4. The molecular formula is C24H24FN2O2Rb. The molecule has 150 valence electrons. The smallest absolute Gasteiger partial charge is 0.657 e. The van der Waals surface area contributed by atoms with Crippen molar-refractivity contribution >= 4 is 16.7 Å². The van der Waals surface area contributed by atoms with Gasteiger partial charge in [-0.3, -0.25) is 4.79 Å². The Balaban J connectivity index is 0.00000256. The molecule has 30 heavy (non-hydrogen) atoms. The third kappa shape index (κ3) is 5.20. The minimum absolute atomic E-state index is 0. The number of benzene rings is 3. The summed E-state index contributed by atoms with van der Waals surface area (Å²) < 4.78 is 13.5. The Bertz CT molecular complexity index is 1030. The molecule has 2 unspecified atom stereocenters. The number of rotatable bonds is 4. The monoisotopic (exact) mass is 476 g/mol. The molecule has 3 aromatic carbocycles. The van der Waals surface area contributed by atoms with Crippen LogP contribution in [0.2, 0.25) is 0 Å². The molecule has 1 aliphatic heterocycles. The number of amides is 1. The van der Waals surface area contributed by atoms with Gasteiger partial charge in [-0.1, -0.05) is 49.4 Å². The predicted molar refractivity (Wildman–Crippen MR) is 113 cm³/mol. The first-order valence-corrected chi connectivity index (χ1v) is 9.93. The number of phenols is 1. The van der Waals surface area contributed by atoms with Gasteiger partial charge in [0.1, 0.15) is 11.6 Å². The summed E-state index contributed by atoms with van der Waals surface area (Å²) in [5.74, 6) is -0.531. The number of fused-ring (bicyclic) bond motifs is 1. The molecule has 4 nitrogen and oxygen atoms in total. The van der Waals surface area contributed by atoms with Crippen LogP contribution in [0.25, 0.3) is 16.1 Å². The van der Waals surface area contributed by atoms with Crippen LogP contribution >= 0.6 is 0 Å². The third-order valence-corrected chi connectivity index (χ3v) is 5.60. The number of phenolic OH excluding ortho intramolecular Hbond substituents is 1. The number of halogens is 1. The molecule has 4 rings (SSSR count). The van der Waals surface area contributed by atoms with E-state index in [1.54, 1.807) is 18.2 Å². The van der Waals surface area contributed by atoms with Crippen LogP contribution < -0.4 is 58.2 Å². The Hall–Kier alpha value is -1.11. The Labute approximate surface area is 225 Å². The van der Waals surface area contributed by atoms with Gasteiger partial charge in [-0.15, -0.1) is 12.6 Å². The molecule has 1 fully saturated rings. The quantitative estimate of drug-likeness (QED) is 0.624. The molecule has 3 aromatic rings. The fraction of sp³-hybridized carbons (Fsp3) is 0.292. The van der Waals surface area contributed by atoms with Gasteiger partial charge >= 0.3 is 58.2 Å². The van der Waals surface area contributed by atoms with Gasteiger partial charge in [0.2, 0.25) is 5.91 Å². The molecule has 0 aromatic heterocycles. The van der Waals surface area contributed by atoms with Gasteiger partial charge in [0.15, 0.2) is 0 Å². The minimum Gasteiger partial charge on any atom is -0.657 e. The van der Waals surface area contributed by atoms with Gasteiger partial charge in [-0.25, -0.2) is 4.39 Å². The van der Waals surface area contributed by atoms with Crippen molar-refractivity contribution in [2.45, 2.75) is 25.3 Å². The minimum atomic E-state index is -0.372. The van der Waals surface area contributed by atoms with Crippen molar-refractivity contribution in [3.8, 4) is 5.75 Å². The van der Waals surface area contributed by atoms with Gasteiger partial charge in [0.05, 0.1) is 0 Å². The summed E-state index contributed by atoms with van der Waals surface area (Å²) in [6, 6.07) is 17.7. The summed E-state index contributed by atoms with van der Waals surface area (Å²) >= 11 is 0. The molecule has 2 atom stereocenters. The van der Waals surface area contributed by atoms with E-state index in [4.69, 9.17) is 0 Å².